The van der Waals surface area contributed by atoms with E-state index in [1.54, 1.807) is 6.07 Å². The zero-order valence-electron chi connectivity index (χ0n) is 14.5. The maximum Gasteiger partial charge on any atom is 0.416 e. The quantitative estimate of drug-likeness (QED) is 0.663. The van der Waals surface area contributed by atoms with E-state index in [4.69, 9.17) is 0 Å². The zero-order valence-corrected chi connectivity index (χ0v) is 16.9. The van der Waals surface area contributed by atoms with Gasteiger partial charge in [-0.05, 0) is 44.0 Å². The van der Waals surface area contributed by atoms with Gasteiger partial charge in [0.25, 0.3) is 0 Å². The van der Waals surface area contributed by atoms with Gasteiger partial charge in [0, 0.05) is 25.3 Å². The van der Waals surface area contributed by atoms with Crippen LogP contribution in [0.1, 0.15) is 28.9 Å². The Labute approximate surface area is 167 Å². The van der Waals surface area contributed by atoms with Gasteiger partial charge >= 0.3 is 6.18 Å². The van der Waals surface area contributed by atoms with Gasteiger partial charge in [0.1, 0.15) is 0 Å². The number of hydrogen-bond acceptors (Lipinski definition) is 4. The van der Waals surface area contributed by atoms with Crippen LogP contribution in [0.3, 0.4) is 0 Å². The lowest BCUT2D eigenvalue weighted by Crippen LogP contribution is -2.40. The number of rotatable bonds is 3. The summed E-state index contributed by atoms with van der Waals surface area (Å²) in [4.78, 5) is 4.21. The Morgan fingerprint density at radius 2 is 2.00 bits per heavy atom. The largest absolute Gasteiger partial charge is 0.416 e. The molecule has 0 saturated heterocycles. The van der Waals surface area contributed by atoms with E-state index in [-0.39, 0.29) is 36.1 Å². The van der Waals surface area contributed by atoms with Crippen LogP contribution in [0, 0.1) is 13.8 Å². The molecule has 0 amide bonds. The average Bonchev–Trinajstić information content (AvgIpc) is 2.91. The molecule has 9 heteroatoms. The van der Waals surface area contributed by atoms with Crippen molar-refractivity contribution in [1.82, 2.24) is 20.4 Å². The summed E-state index contributed by atoms with van der Waals surface area (Å²) < 4.78 is 42.1. The number of alkyl halides is 3. The lowest BCUT2D eigenvalue weighted by atomic mass is 10.1. The molecule has 0 atom stereocenters. The van der Waals surface area contributed by atoms with E-state index < -0.39 is 11.7 Å². The van der Waals surface area contributed by atoms with Crippen LogP contribution in [-0.2, 0) is 12.7 Å². The fraction of sp³-hybridized carbons (Fsp3) is 0.412. The molecule has 2 heterocycles. The van der Waals surface area contributed by atoms with Crippen LogP contribution in [0.15, 0.2) is 29.3 Å². The number of hydrogen-bond donors (Lipinski definition) is 2. The van der Waals surface area contributed by atoms with Crippen LogP contribution in [0.4, 0.5) is 13.2 Å². The van der Waals surface area contributed by atoms with Crippen LogP contribution in [-0.4, -0.2) is 28.8 Å². The highest BCUT2D eigenvalue weighted by Gasteiger charge is 2.33. The van der Waals surface area contributed by atoms with Crippen molar-refractivity contribution in [2.75, 3.05) is 13.1 Å². The van der Waals surface area contributed by atoms with Crippen molar-refractivity contribution in [3.05, 3.63) is 46.8 Å². The predicted octanol–water partition coefficient (Wildman–Crippen LogP) is 3.56. The average molecular weight is 479 g/mol. The molecule has 0 unspecified atom stereocenters. The minimum atomic E-state index is -4.44. The van der Waals surface area contributed by atoms with Crippen LogP contribution in [0.5, 0.6) is 0 Å². The lowest BCUT2D eigenvalue weighted by Gasteiger charge is -2.19. The van der Waals surface area contributed by atoms with Crippen molar-refractivity contribution in [1.29, 1.82) is 0 Å². The van der Waals surface area contributed by atoms with E-state index in [9.17, 15) is 13.2 Å². The van der Waals surface area contributed by atoms with Gasteiger partial charge in [-0.2, -0.15) is 18.3 Å². The molecule has 2 N–H and O–H groups in total. The molecule has 26 heavy (non-hydrogen) atoms. The second kappa shape index (κ2) is 8.28. The first kappa shape index (κ1) is 20.5. The summed E-state index contributed by atoms with van der Waals surface area (Å²) in [6.07, 6.45) is -3.51. The number of aliphatic imine (C=N–C) groups is 1. The summed E-state index contributed by atoms with van der Waals surface area (Å²) in [6.45, 7) is 5.13. The third-order valence-electron chi connectivity index (χ3n) is 4.00. The van der Waals surface area contributed by atoms with Crippen molar-refractivity contribution in [3.63, 3.8) is 0 Å². The molecule has 1 aliphatic rings. The van der Waals surface area contributed by atoms with Crippen molar-refractivity contribution >= 4 is 29.9 Å². The molecule has 1 aromatic carbocycles. The van der Waals surface area contributed by atoms with Gasteiger partial charge in [-0.3, -0.25) is 4.99 Å². The number of halogens is 4. The summed E-state index contributed by atoms with van der Waals surface area (Å²) in [5, 5.41) is 10.2. The Morgan fingerprint density at radius 1 is 1.23 bits per heavy atom. The van der Waals surface area contributed by atoms with Gasteiger partial charge in [0.2, 0.25) is 0 Å². The first-order chi connectivity index (χ1) is 11.8. The molecular weight excluding hydrogens is 458 g/mol. The maximum atomic E-state index is 13.5. The molecule has 0 spiro atoms. The number of aryl methyl sites for hydroxylation is 2. The third kappa shape index (κ3) is 4.68. The van der Waals surface area contributed by atoms with Crippen LogP contribution in [0.2, 0.25) is 0 Å². The first-order valence-corrected chi connectivity index (χ1v) is 8.10. The molecule has 0 aliphatic carbocycles. The topological polar surface area (TPSA) is 54.2 Å². The molecule has 5 nitrogen and oxygen atoms in total. The van der Waals surface area contributed by atoms with Crippen molar-refractivity contribution in [3.8, 4) is 5.69 Å². The van der Waals surface area contributed by atoms with Gasteiger partial charge in [-0.1, -0.05) is 6.07 Å². The van der Waals surface area contributed by atoms with E-state index in [0.717, 1.165) is 30.4 Å². The van der Waals surface area contributed by atoms with Gasteiger partial charge < -0.3 is 10.6 Å². The molecule has 0 fully saturated rings. The number of nitrogens with one attached hydrogen (secondary N) is 2. The highest BCUT2D eigenvalue weighted by molar-refractivity contribution is 14.0. The van der Waals surface area contributed by atoms with Crippen LogP contribution >= 0.6 is 24.0 Å². The Morgan fingerprint density at radius 3 is 2.58 bits per heavy atom. The zero-order chi connectivity index (χ0) is 18.0. The van der Waals surface area contributed by atoms with Crippen LogP contribution in [0.25, 0.3) is 5.69 Å². The Kier molecular flexibility index (Phi) is 6.53. The van der Waals surface area contributed by atoms with Gasteiger partial charge in [-0.15, -0.1) is 24.0 Å². The summed E-state index contributed by atoms with van der Waals surface area (Å²) in [5.74, 6) is 0.544. The number of nitrogens with zero attached hydrogens (tertiary/aromatic N) is 3. The fourth-order valence-corrected chi connectivity index (χ4v) is 2.83. The van der Waals surface area contributed by atoms with E-state index in [2.05, 4.69) is 20.7 Å². The molecular formula is C17H21F3IN5. The number of benzene rings is 1. The SMILES string of the molecule is Cc1cc(C)n(-c2ccc(CNC3=NCCCN3)c(C(F)(F)F)c2)n1.I. The van der Waals surface area contributed by atoms with Crippen molar-refractivity contribution < 1.29 is 13.2 Å². The number of aromatic nitrogens is 2. The Balaban J connectivity index is 0.00000243. The molecule has 2 aromatic rings. The molecule has 1 aliphatic heterocycles. The number of guanidine groups is 1. The highest BCUT2D eigenvalue weighted by Crippen LogP contribution is 2.33. The standard InChI is InChI=1S/C17H20F3N5.HI/c1-11-8-12(2)25(24-11)14-5-4-13(15(9-14)17(18,19)20)10-23-16-21-6-3-7-22-16;/h4-5,8-9H,3,6-7,10H2,1-2H3,(H2,21,22,23);1H. The summed E-state index contributed by atoms with van der Waals surface area (Å²) in [7, 11) is 0. The van der Waals surface area contributed by atoms with Crippen LogP contribution < -0.4 is 10.6 Å². The fourth-order valence-electron chi connectivity index (χ4n) is 2.83. The third-order valence-corrected chi connectivity index (χ3v) is 4.00. The molecule has 0 bridgehead atoms. The Bertz CT molecular complexity index is 798. The first-order valence-electron chi connectivity index (χ1n) is 8.10. The minimum absolute atomic E-state index is 0. The van der Waals surface area contributed by atoms with Crippen molar-refractivity contribution in [2.24, 2.45) is 4.99 Å². The van der Waals surface area contributed by atoms with E-state index in [0.29, 0.717) is 18.2 Å². The normalized spacial score (nSPS) is 14.3. The maximum absolute atomic E-state index is 13.5. The van der Waals surface area contributed by atoms with Gasteiger partial charge in [-0.25, -0.2) is 4.68 Å². The molecule has 3 rings (SSSR count). The van der Waals surface area contributed by atoms with E-state index in [1.165, 1.54) is 10.7 Å². The van der Waals surface area contributed by atoms with Gasteiger partial charge in [0.05, 0.1) is 16.9 Å². The van der Waals surface area contributed by atoms with Gasteiger partial charge in [0.15, 0.2) is 5.96 Å². The monoisotopic (exact) mass is 479 g/mol. The molecule has 1 aromatic heterocycles. The highest BCUT2D eigenvalue weighted by atomic mass is 127. The second-order valence-electron chi connectivity index (χ2n) is 6.04. The Hall–Kier alpha value is -1.78. The second-order valence-corrected chi connectivity index (χ2v) is 6.04. The minimum Gasteiger partial charge on any atom is -0.356 e. The van der Waals surface area contributed by atoms with E-state index >= 15 is 0 Å². The predicted molar refractivity (Wildman–Crippen MR) is 105 cm³/mol. The molecule has 0 radical (unpaired) electrons. The van der Waals surface area contributed by atoms with Crippen molar-refractivity contribution in [2.45, 2.75) is 33.0 Å². The molecule has 142 valence electrons. The van der Waals surface area contributed by atoms with E-state index in [1.807, 2.05) is 19.9 Å². The molecule has 0 saturated carbocycles. The summed E-state index contributed by atoms with van der Waals surface area (Å²) in [5.41, 5.74) is 1.46. The summed E-state index contributed by atoms with van der Waals surface area (Å²) in [6, 6.07) is 6.12. The lowest BCUT2D eigenvalue weighted by molar-refractivity contribution is -0.138. The smallest absolute Gasteiger partial charge is 0.356 e. The summed E-state index contributed by atoms with van der Waals surface area (Å²) >= 11 is 0.